The lowest BCUT2D eigenvalue weighted by Gasteiger charge is -2.38. The van der Waals surface area contributed by atoms with Crippen LogP contribution in [0.1, 0.15) is 102 Å². The summed E-state index contributed by atoms with van der Waals surface area (Å²) < 4.78 is 75.0. The molecule has 2 aliphatic rings. The second kappa shape index (κ2) is 24.5. The zero-order valence-corrected chi connectivity index (χ0v) is 44.2. The van der Waals surface area contributed by atoms with Crippen LogP contribution in [0.4, 0.5) is 17.6 Å². The number of carbonyl (C=O) groups excluding carboxylic acids is 4. The fourth-order valence-corrected chi connectivity index (χ4v) is 9.91. The van der Waals surface area contributed by atoms with Crippen molar-refractivity contribution >= 4 is 34.7 Å². The number of nitrogens with one attached hydrogen (secondary N) is 1. The van der Waals surface area contributed by atoms with Crippen LogP contribution in [-0.4, -0.2) is 124 Å². The zero-order chi connectivity index (χ0) is 55.0. The predicted octanol–water partition coefficient (Wildman–Crippen LogP) is 7.91. The van der Waals surface area contributed by atoms with Gasteiger partial charge < -0.3 is 34.2 Å². The van der Waals surface area contributed by atoms with Crippen LogP contribution in [0.15, 0.2) is 90.1 Å². The Hall–Kier alpha value is -6.80. The van der Waals surface area contributed by atoms with Gasteiger partial charge in [0.15, 0.2) is 5.65 Å². The normalized spacial score (nSPS) is 17.0. The van der Waals surface area contributed by atoms with E-state index in [1.54, 1.807) is 78.6 Å². The average Bonchev–Trinajstić information content (AvgIpc) is 3.69. The lowest BCUT2D eigenvalue weighted by molar-refractivity contribution is -0.140. The van der Waals surface area contributed by atoms with Gasteiger partial charge in [-0.05, 0) is 104 Å². The Morgan fingerprint density at radius 2 is 1.61 bits per heavy atom. The fourth-order valence-electron chi connectivity index (χ4n) is 9.91. The van der Waals surface area contributed by atoms with Crippen molar-refractivity contribution in [1.29, 1.82) is 0 Å². The van der Waals surface area contributed by atoms with Crippen LogP contribution < -0.4 is 15.6 Å². The van der Waals surface area contributed by atoms with E-state index in [2.05, 4.69) is 15.3 Å². The van der Waals surface area contributed by atoms with Crippen molar-refractivity contribution < 1.29 is 51.0 Å². The molecule has 16 nitrogen and oxygen atoms in total. The first kappa shape index (κ1) is 56.9. The number of halogens is 4. The molecule has 76 heavy (non-hydrogen) atoms. The average molecular weight is 1060 g/mol. The number of aromatic nitrogens is 4. The Bertz CT molecular complexity index is 2890. The maximum absolute atomic E-state index is 14.5. The molecule has 1 N–H and O–H groups in total. The summed E-state index contributed by atoms with van der Waals surface area (Å²) in [5.74, 6) is -2.35. The highest BCUT2D eigenvalue weighted by Crippen LogP contribution is 2.37. The molecule has 3 aromatic heterocycles. The molecule has 5 aromatic rings. The van der Waals surface area contributed by atoms with Gasteiger partial charge in [-0.15, -0.1) is 0 Å². The first-order valence-corrected chi connectivity index (χ1v) is 25.7. The van der Waals surface area contributed by atoms with Crippen molar-refractivity contribution in [3.8, 4) is 11.4 Å². The first-order valence-electron chi connectivity index (χ1n) is 25.7. The van der Waals surface area contributed by atoms with Crippen molar-refractivity contribution in [1.82, 2.24) is 39.5 Å². The van der Waals surface area contributed by atoms with E-state index in [1.165, 1.54) is 15.7 Å². The van der Waals surface area contributed by atoms with Crippen molar-refractivity contribution in [2.75, 3.05) is 66.3 Å². The number of fused-ring (bicyclic) bond motifs is 1. The van der Waals surface area contributed by atoms with E-state index < -0.39 is 58.9 Å². The summed E-state index contributed by atoms with van der Waals surface area (Å²) in [4.78, 5) is 86.6. The standard InChI is InChI=1S/C56H68F4N8O8/c1-8-76-41-16-14-40(15-17-41)68-51(64-50-42(53(68)73)12-10-22-62-50)36(2)67(47(70)28-38-13-18-45(57)44(27-38)56(58,59)60)32-37-19-24-66(25-20-37)48(71)30-54(3,4)33-75-35-55(5,6)34-74-26-23-63-52(72)43-29-46(69)65(7)49(43)39-11-9-21-61-31-39/h9-18,21-22,27,31,36-37,43,49H,8,19-20,23-26,28-30,32-35H2,1-7H3,(H,63,72)/t36-,43+,49-/m1/s1. The van der Waals surface area contributed by atoms with E-state index >= 15 is 0 Å². The van der Waals surface area contributed by atoms with Crippen molar-refractivity contribution in [2.24, 2.45) is 22.7 Å². The molecule has 0 unspecified atom stereocenters. The van der Waals surface area contributed by atoms with E-state index in [9.17, 15) is 41.5 Å². The number of nitrogens with zero attached hydrogens (tertiary/aromatic N) is 7. The second-order valence-corrected chi connectivity index (χ2v) is 21.3. The number of ether oxygens (including phenoxy) is 3. The van der Waals surface area contributed by atoms with E-state index in [4.69, 9.17) is 19.2 Å². The van der Waals surface area contributed by atoms with Crippen LogP contribution in [0, 0.1) is 28.5 Å². The van der Waals surface area contributed by atoms with Gasteiger partial charge in [0.25, 0.3) is 5.56 Å². The van der Waals surface area contributed by atoms with E-state index in [-0.39, 0.29) is 84.0 Å². The summed E-state index contributed by atoms with van der Waals surface area (Å²) in [7, 11) is 1.69. The van der Waals surface area contributed by atoms with Gasteiger partial charge in [0.2, 0.25) is 23.6 Å². The topological polar surface area (TPSA) is 178 Å². The molecular weight excluding hydrogens is 989 g/mol. The number of amides is 4. The fraction of sp³-hybridized carbons (Fsp3) is 0.500. The molecule has 2 fully saturated rings. The molecule has 0 saturated carbocycles. The molecule has 3 atom stereocenters. The SMILES string of the molecule is CCOc1ccc(-n2c([C@@H](C)N(CC3CCN(C(=O)CC(C)(C)COCC(C)(C)COCCNC(=O)[C@H]4CC(=O)N(C)[C@@H]4c4cccnc4)CC3)C(=O)Cc3ccc(F)c(C(F)(F)F)c3)nc3ncccc3c2=O)cc1. The van der Waals surface area contributed by atoms with Crippen LogP contribution in [0.2, 0.25) is 0 Å². The molecule has 4 amide bonds. The third-order valence-electron chi connectivity index (χ3n) is 14.0. The van der Waals surface area contributed by atoms with E-state index in [1.807, 2.05) is 40.7 Å². The molecular formula is C56H68F4N8O8. The van der Waals surface area contributed by atoms with Crippen LogP contribution in [0.5, 0.6) is 5.75 Å². The van der Waals surface area contributed by atoms with Crippen molar-refractivity contribution in [3.63, 3.8) is 0 Å². The number of rotatable bonds is 22. The lowest BCUT2D eigenvalue weighted by atomic mass is 9.88. The summed E-state index contributed by atoms with van der Waals surface area (Å²) in [6.07, 6.45) is 0.679. The number of hydrogen-bond donors (Lipinski definition) is 1. The quantitative estimate of drug-likeness (QED) is 0.0526. The monoisotopic (exact) mass is 1060 g/mol. The minimum atomic E-state index is -4.98. The molecule has 20 heteroatoms. The van der Waals surface area contributed by atoms with Gasteiger partial charge in [-0.25, -0.2) is 14.4 Å². The van der Waals surface area contributed by atoms with Gasteiger partial charge in [-0.2, -0.15) is 13.2 Å². The van der Waals surface area contributed by atoms with Crippen LogP contribution >= 0.6 is 0 Å². The molecule has 2 aliphatic heterocycles. The predicted molar refractivity (Wildman–Crippen MR) is 276 cm³/mol. The Morgan fingerprint density at radius 3 is 2.29 bits per heavy atom. The zero-order valence-electron chi connectivity index (χ0n) is 44.2. The Balaban J connectivity index is 0.949. The van der Waals surface area contributed by atoms with Crippen molar-refractivity contribution in [3.05, 3.63) is 124 Å². The number of benzene rings is 2. The highest BCUT2D eigenvalue weighted by Gasteiger charge is 2.43. The number of alkyl halides is 3. The number of carbonyl (C=O) groups is 4. The maximum Gasteiger partial charge on any atom is 0.419 e. The summed E-state index contributed by atoms with van der Waals surface area (Å²) in [6.45, 7) is 14.4. The largest absolute Gasteiger partial charge is 0.494 e. The minimum absolute atomic E-state index is 0.0424. The summed E-state index contributed by atoms with van der Waals surface area (Å²) in [5, 5.41) is 3.15. The third kappa shape index (κ3) is 14.2. The van der Waals surface area contributed by atoms with Gasteiger partial charge >= 0.3 is 6.18 Å². The molecule has 5 heterocycles. The Morgan fingerprint density at radius 1 is 0.908 bits per heavy atom. The summed E-state index contributed by atoms with van der Waals surface area (Å²) >= 11 is 0. The molecule has 0 radical (unpaired) electrons. The molecule has 408 valence electrons. The van der Waals surface area contributed by atoms with Gasteiger partial charge in [0, 0.05) is 70.1 Å². The summed E-state index contributed by atoms with van der Waals surface area (Å²) in [5.41, 5.74) is -1.49. The maximum atomic E-state index is 14.5. The lowest BCUT2D eigenvalue weighted by Crippen LogP contribution is -2.45. The van der Waals surface area contributed by atoms with Crippen LogP contribution in [0.25, 0.3) is 16.7 Å². The molecule has 0 aliphatic carbocycles. The van der Waals surface area contributed by atoms with E-state index in [0.29, 0.717) is 75.9 Å². The highest BCUT2D eigenvalue weighted by molar-refractivity contribution is 5.90. The van der Waals surface area contributed by atoms with Gasteiger partial charge in [-0.3, -0.25) is 33.5 Å². The minimum Gasteiger partial charge on any atom is -0.494 e. The van der Waals surface area contributed by atoms with Crippen molar-refractivity contribution in [2.45, 2.75) is 91.9 Å². The molecule has 0 bridgehead atoms. The molecule has 2 aromatic carbocycles. The molecule has 2 saturated heterocycles. The molecule has 0 spiro atoms. The number of pyridine rings is 2. The summed E-state index contributed by atoms with van der Waals surface area (Å²) in [6, 6.07) is 14.9. The van der Waals surface area contributed by atoms with Gasteiger partial charge in [0.1, 0.15) is 17.4 Å². The van der Waals surface area contributed by atoms with Crippen LogP contribution in [0.3, 0.4) is 0 Å². The second-order valence-electron chi connectivity index (χ2n) is 21.3. The Kier molecular flexibility index (Phi) is 18.3. The number of likely N-dealkylation sites (tertiary alicyclic amines) is 2. The third-order valence-corrected chi connectivity index (χ3v) is 14.0. The van der Waals surface area contributed by atoms with Gasteiger partial charge in [0.05, 0.1) is 74.1 Å². The molecule has 7 rings (SSSR count). The van der Waals surface area contributed by atoms with Gasteiger partial charge in [-0.1, -0.05) is 39.8 Å². The van der Waals surface area contributed by atoms with Crippen LogP contribution in [-0.2, 0) is 41.2 Å². The highest BCUT2D eigenvalue weighted by atomic mass is 19.4. The number of hydrogen-bond acceptors (Lipinski definition) is 11. The Labute approximate surface area is 440 Å². The van der Waals surface area contributed by atoms with E-state index in [0.717, 1.165) is 11.6 Å². The first-order chi connectivity index (χ1) is 36.1. The number of piperidine rings is 1. The smallest absolute Gasteiger partial charge is 0.419 e.